The van der Waals surface area contributed by atoms with Gasteiger partial charge in [0.2, 0.25) is 17.8 Å². The molecule has 2 aromatic heterocycles. The number of benzene rings is 2. The summed E-state index contributed by atoms with van der Waals surface area (Å²) in [7, 11) is 1.61. The molecule has 2 heterocycles. The molecule has 4 aromatic rings. The van der Waals surface area contributed by atoms with Crippen molar-refractivity contribution < 1.29 is 14.1 Å². The Hall–Kier alpha value is -3.27. The van der Waals surface area contributed by atoms with Crippen LogP contribution >= 0.6 is 0 Å². The number of carbonyl (C=O) groups excluding carboxylic acids is 1. The first-order chi connectivity index (χ1) is 12.3. The molecule has 122 valence electrons. The van der Waals surface area contributed by atoms with Crippen molar-refractivity contribution in [2.75, 3.05) is 7.11 Å². The zero-order valence-corrected chi connectivity index (χ0v) is 13.8. The number of hydrogen-bond donors (Lipinski definition) is 0. The van der Waals surface area contributed by atoms with Crippen molar-refractivity contribution in [3.05, 3.63) is 78.6 Å². The van der Waals surface area contributed by atoms with Crippen molar-refractivity contribution in [1.82, 2.24) is 4.98 Å². The first-order valence-corrected chi connectivity index (χ1v) is 8.09. The molecular formula is C21H17N2O2+. The van der Waals surface area contributed by atoms with Crippen LogP contribution in [0.25, 0.3) is 21.8 Å². The van der Waals surface area contributed by atoms with E-state index in [1.54, 1.807) is 37.6 Å². The van der Waals surface area contributed by atoms with Crippen LogP contribution in [0.15, 0.2) is 73.1 Å². The number of methoxy groups -OCH3 is 1. The average molecular weight is 329 g/mol. The number of aromatic nitrogens is 2. The Balaban J connectivity index is 1.73. The molecule has 0 amide bonds. The number of ketones is 1. The molecular weight excluding hydrogens is 312 g/mol. The summed E-state index contributed by atoms with van der Waals surface area (Å²) in [5.74, 6) is 0.799. The van der Waals surface area contributed by atoms with Gasteiger partial charge in [-0.25, -0.2) is 0 Å². The zero-order chi connectivity index (χ0) is 17.2. The second-order valence-electron chi connectivity index (χ2n) is 5.86. The monoisotopic (exact) mass is 329 g/mol. The molecule has 0 unspecified atom stereocenters. The lowest BCUT2D eigenvalue weighted by Gasteiger charge is -2.05. The van der Waals surface area contributed by atoms with Crippen molar-refractivity contribution in [3.8, 4) is 5.75 Å². The minimum atomic E-state index is 0.0567. The van der Waals surface area contributed by atoms with Gasteiger partial charge < -0.3 is 4.74 Å². The number of nitrogens with zero attached hydrogens (tertiary/aromatic N) is 2. The standard InChI is InChI=1S/C21H17N2O2/c1-25-17-9-6-15(7-10-17)20(24)14-23-13-3-5-18-19(23)11-8-16-4-2-12-22-21(16)18/h2-13H,14H2,1H3/q+1. The highest BCUT2D eigenvalue weighted by molar-refractivity contribution is 6.02. The van der Waals surface area contributed by atoms with Crippen LogP contribution < -0.4 is 9.30 Å². The van der Waals surface area contributed by atoms with Gasteiger partial charge >= 0.3 is 0 Å². The Morgan fingerprint density at radius 2 is 1.88 bits per heavy atom. The highest BCUT2D eigenvalue weighted by atomic mass is 16.5. The van der Waals surface area contributed by atoms with Gasteiger partial charge in [-0.05, 0) is 42.5 Å². The molecule has 0 N–H and O–H groups in total. The molecule has 0 aliphatic carbocycles. The van der Waals surface area contributed by atoms with Gasteiger partial charge in [0.25, 0.3) is 0 Å². The van der Waals surface area contributed by atoms with Gasteiger partial charge in [-0.3, -0.25) is 9.78 Å². The molecule has 2 aromatic carbocycles. The van der Waals surface area contributed by atoms with Gasteiger partial charge in [0.1, 0.15) is 5.75 Å². The van der Waals surface area contributed by atoms with Crippen LogP contribution in [0.3, 0.4) is 0 Å². The lowest BCUT2D eigenvalue weighted by Crippen LogP contribution is -2.38. The maximum absolute atomic E-state index is 12.6. The lowest BCUT2D eigenvalue weighted by molar-refractivity contribution is -0.657. The van der Waals surface area contributed by atoms with E-state index in [9.17, 15) is 4.79 Å². The third-order valence-corrected chi connectivity index (χ3v) is 4.36. The largest absolute Gasteiger partial charge is 0.497 e. The predicted octanol–water partition coefficient (Wildman–Crippen LogP) is 3.57. The Bertz CT molecular complexity index is 1070. The molecule has 4 nitrogen and oxygen atoms in total. The van der Waals surface area contributed by atoms with Gasteiger partial charge in [0.15, 0.2) is 6.20 Å². The van der Waals surface area contributed by atoms with E-state index in [1.165, 1.54) is 0 Å². The highest BCUT2D eigenvalue weighted by Gasteiger charge is 2.16. The first-order valence-electron chi connectivity index (χ1n) is 8.09. The fourth-order valence-corrected chi connectivity index (χ4v) is 3.06. The van der Waals surface area contributed by atoms with E-state index in [0.29, 0.717) is 5.56 Å². The molecule has 0 atom stereocenters. The summed E-state index contributed by atoms with van der Waals surface area (Å²) in [5, 5.41) is 2.14. The third kappa shape index (κ3) is 2.83. The molecule has 0 aliphatic rings. The molecule has 0 saturated heterocycles. The second kappa shape index (κ2) is 6.32. The van der Waals surface area contributed by atoms with E-state index in [0.717, 1.165) is 27.6 Å². The van der Waals surface area contributed by atoms with E-state index in [-0.39, 0.29) is 12.3 Å². The number of carbonyl (C=O) groups is 1. The third-order valence-electron chi connectivity index (χ3n) is 4.36. The van der Waals surface area contributed by atoms with E-state index >= 15 is 0 Å². The van der Waals surface area contributed by atoms with E-state index in [1.807, 2.05) is 47.2 Å². The minimum absolute atomic E-state index is 0.0567. The van der Waals surface area contributed by atoms with Crippen LogP contribution in [0.4, 0.5) is 0 Å². The molecule has 0 aliphatic heterocycles. The number of pyridine rings is 2. The second-order valence-corrected chi connectivity index (χ2v) is 5.86. The summed E-state index contributed by atoms with van der Waals surface area (Å²) in [6, 6.07) is 19.3. The molecule has 0 bridgehead atoms. The van der Waals surface area contributed by atoms with Crippen LogP contribution in [0, 0.1) is 0 Å². The van der Waals surface area contributed by atoms with Gasteiger partial charge in [0, 0.05) is 29.3 Å². The molecule has 4 heteroatoms. The van der Waals surface area contributed by atoms with Crippen molar-refractivity contribution in [3.63, 3.8) is 0 Å². The number of hydrogen-bond acceptors (Lipinski definition) is 3. The molecule has 0 fully saturated rings. The Morgan fingerprint density at radius 1 is 1.04 bits per heavy atom. The molecule has 4 rings (SSSR count). The summed E-state index contributed by atoms with van der Waals surface area (Å²) in [5.41, 5.74) is 2.62. The predicted molar refractivity (Wildman–Crippen MR) is 96.8 cm³/mol. The van der Waals surface area contributed by atoms with Crippen molar-refractivity contribution >= 4 is 27.6 Å². The summed E-state index contributed by atoms with van der Waals surface area (Å²) < 4.78 is 7.11. The van der Waals surface area contributed by atoms with E-state index < -0.39 is 0 Å². The Kier molecular flexibility index (Phi) is 3.86. The zero-order valence-electron chi connectivity index (χ0n) is 13.8. The van der Waals surface area contributed by atoms with E-state index in [4.69, 9.17) is 4.74 Å². The van der Waals surface area contributed by atoms with Crippen molar-refractivity contribution in [2.45, 2.75) is 6.54 Å². The van der Waals surface area contributed by atoms with Gasteiger partial charge in [0.05, 0.1) is 18.0 Å². The molecule has 25 heavy (non-hydrogen) atoms. The van der Waals surface area contributed by atoms with Gasteiger partial charge in [-0.15, -0.1) is 0 Å². The highest BCUT2D eigenvalue weighted by Crippen LogP contribution is 2.21. The molecule has 0 radical (unpaired) electrons. The Labute approximate surface area is 145 Å². The maximum atomic E-state index is 12.6. The van der Waals surface area contributed by atoms with Crippen LogP contribution in [0.5, 0.6) is 5.75 Å². The average Bonchev–Trinajstić information content (AvgIpc) is 2.68. The van der Waals surface area contributed by atoms with Crippen molar-refractivity contribution in [2.24, 2.45) is 0 Å². The summed E-state index contributed by atoms with van der Waals surface area (Å²) in [6.07, 6.45) is 3.72. The van der Waals surface area contributed by atoms with Crippen LogP contribution in [-0.2, 0) is 6.54 Å². The minimum Gasteiger partial charge on any atom is -0.497 e. The number of rotatable bonds is 4. The Morgan fingerprint density at radius 3 is 2.68 bits per heavy atom. The summed E-state index contributed by atoms with van der Waals surface area (Å²) in [4.78, 5) is 17.1. The topological polar surface area (TPSA) is 43.1 Å². The lowest BCUT2D eigenvalue weighted by atomic mass is 10.1. The number of ether oxygens (including phenoxy) is 1. The normalized spacial score (nSPS) is 10.9. The molecule has 0 spiro atoms. The SMILES string of the molecule is COc1ccc(C(=O)C[n+]2cccc3c4ncccc4ccc32)cc1. The fourth-order valence-electron chi connectivity index (χ4n) is 3.06. The smallest absolute Gasteiger partial charge is 0.227 e. The van der Waals surface area contributed by atoms with Crippen LogP contribution in [0.1, 0.15) is 10.4 Å². The van der Waals surface area contributed by atoms with Crippen molar-refractivity contribution in [1.29, 1.82) is 0 Å². The quantitative estimate of drug-likeness (QED) is 0.327. The van der Waals surface area contributed by atoms with Crippen LogP contribution in [-0.4, -0.2) is 17.9 Å². The van der Waals surface area contributed by atoms with Crippen LogP contribution in [0.2, 0.25) is 0 Å². The number of fused-ring (bicyclic) bond motifs is 3. The molecule has 0 saturated carbocycles. The van der Waals surface area contributed by atoms with Gasteiger partial charge in [-0.2, -0.15) is 4.57 Å². The number of Topliss-reactive ketones (excluding diaryl/α,β-unsaturated/α-hetero) is 1. The fraction of sp³-hybridized carbons (Fsp3) is 0.0952. The van der Waals surface area contributed by atoms with Gasteiger partial charge in [-0.1, -0.05) is 6.07 Å². The summed E-state index contributed by atoms with van der Waals surface area (Å²) in [6.45, 7) is 0.280. The summed E-state index contributed by atoms with van der Waals surface area (Å²) >= 11 is 0. The van der Waals surface area contributed by atoms with E-state index in [2.05, 4.69) is 4.98 Å². The first kappa shape index (κ1) is 15.3. The maximum Gasteiger partial charge on any atom is 0.227 e.